The highest BCUT2D eigenvalue weighted by molar-refractivity contribution is 7.19. The summed E-state index contributed by atoms with van der Waals surface area (Å²) in [5.74, 6) is 1.44. The Bertz CT molecular complexity index is 975. The molecule has 1 aromatic carbocycles. The molecule has 118 valence electrons. The predicted molar refractivity (Wildman–Crippen MR) is 93.0 cm³/mol. The molecule has 4 rings (SSSR count). The Morgan fingerprint density at radius 3 is 2.75 bits per heavy atom. The van der Waals surface area contributed by atoms with Gasteiger partial charge in [0.05, 0.1) is 0 Å². The van der Waals surface area contributed by atoms with E-state index in [1.54, 1.807) is 16.8 Å². The highest BCUT2D eigenvalue weighted by Crippen LogP contribution is 2.28. The molecular weight excluding hydrogens is 322 g/mol. The Morgan fingerprint density at radius 1 is 1.12 bits per heavy atom. The minimum Gasteiger partial charge on any atom is -0.490 e. The molecule has 4 aromatic rings. The second-order valence-corrected chi connectivity index (χ2v) is 5.92. The SMILES string of the molecule is C=CCOc1ccc(-c2nn3c(-c4ccccn4)nnc3s2)cc1. The zero-order valence-electron chi connectivity index (χ0n) is 12.7. The third-order valence-electron chi connectivity index (χ3n) is 3.35. The van der Waals surface area contributed by atoms with Crippen LogP contribution in [0.3, 0.4) is 0 Å². The molecule has 0 radical (unpaired) electrons. The van der Waals surface area contributed by atoms with Gasteiger partial charge in [-0.05, 0) is 36.4 Å². The number of fused-ring (bicyclic) bond motifs is 1. The van der Waals surface area contributed by atoms with Crippen molar-refractivity contribution >= 4 is 16.3 Å². The predicted octanol–water partition coefficient (Wildman–Crippen LogP) is 3.48. The molecule has 3 aromatic heterocycles. The average Bonchev–Trinajstić information content (AvgIpc) is 3.22. The number of ether oxygens (including phenoxy) is 1. The molecule has 0 spiro atoms. The molecular formula is C17H13N5OS. The number of benzene rings is 1. The summed E-state index contributed by atoms with van der Waals surface area (Å²) in [6.45, 7) is 4.13. The van der Waals surface area contributed by atoms with Gasteiger partial charge in [-0.25, -0.2) is 0 Å². The summed E-state index contributed by atoms with van der Waals surface area (Å²) in [7, 11) is 0. The lowest BCUT2D eigenvalue weighted by atomic mass is 10.2. The van der Waals surface area contributed by atoms with E-state index < -0.39 is 0 Å². The molecule has 0 bridgehead atoms. The van der Waals surface area contributed by atoms with E-state index in [-0.39, 0.29) is 0 Å². The fourth-order valence-electron chi connectivity index (χ4n) is 2.24. The second kappa shape index (κ2) is 6.21. The van der Waals surface area contributed by atoms with Crippen LogP contribution in [0.1, 0.15) is 0 Å². The largest absolute Gasteiger partial charge is 0.490 e. The quantitative estimate of drug-likeness (QED) is 0.522. The summed E-state index contributed by atoms with van der Waals surface area (Å²) in [5, 5.41) is 13.9. The fraction of sp³-hybridized carbons (Fsp3) is 0.0588. The topological polar surface area (TPSA) is 65.2 Å². The highest BCUT2D eigenvalue weighted by atomic mass is 32.1. The zero-order valence-corrected chi connectivity index (χ0v) is 13.5. The van der Waals surface area contributed by atoms with E-state index in [0.29, 0.717) is 12.4 Å². The fourth-order valence-corrected chi connectivity index (χ4v) is 3.08. The molecule has 6 nitrogen and oxygen atoms in total. The van der Waals surface area contributed by atoms with Crippen molar-refractivity contribution in [1.82, 2.24) is 24.8 Å². The molecule has 7 heteroatoms. The normalized spacial score (nSPS) is 10.8. The van der Waals surface area contributed by atoms with E-state index in [9.17, 15) is 0 Å². The maximum atomic E-state index is 5.50. The van der Waals surface area contributed by atoms with E-state index in [1.165, 1.54) is 11.3 Å². The molecule has 24 heavy (non-hydrogen) atoms. The van der Waals surface area contributed by atoms with Crippen molar-refractivity contribution in [3.63, 3.8) is 0 Å². The Kier molecular flexibility index (Phi) is 3.76. The van der Waals surface area contributed by atoms with Crippen LogP contribution in [0.25, 0.3) is 27.1 Å². The smallest absolute Gasteiger partial charge is 0.235 e. The average molecular weight is 335 g/mol. The van der Waals surface area contributed by atoms with Crippen LogP contribution >= 0.6 is 11.3 Å². The van der Waals surface area contributed by atoms with E-state index in [4.69, 9.17) is 4.74 Å². The lowest BCUT2D eigenvalue weighted by molar-refractivity contribution is 0.363. The van der Waals surface area contributed by atoms with Gasteiger partial charge in [-0.15, -0.1) is 10.2 Å². The third kappa shape index (κ3) is 2.65. The molecule has 0 atom stereocenters. The van der Waals surface area contributed by atoms with Crippen LogP contribution in [0.4, 0.5) is 0 Å². The van der Waals surface area contributed by atoms with Crippen LogP contribution in [0.2, 0.25) is 0 Å². The third-order valence-corrected chi connectivity index (χ3v) is 4.30. The molecule has 0 saturated carbocycles. The van der Waals surface area contributed by atoms with Gasteiger partial charge in [-0.1, -0.05) is 30.1 Å². The van der Waals surface area contributed by atoms with E-state index in [2.05, 4.69) is 26.9 Å². The molecule has 0 saturated heterocycles. The monoisotopic (exact) mass is 335 g/mol. The first-order valence-corrected chi connectivity index (χ1v) is 8.14. The Labute approximate surface area is 142 Å². The molecule has 0 N–H and O–H groups in total. The standard InChI is InChI=1S/C17H13N5OS/c1-2-11-23-13-8-6-12(7-9-13)16-21-22-15(19-20-17(22)24-16)14-5-3-4-10-18-14/h2-10H,1,11H2. The van der Waals surface area contributed by atoms with Crippen molar-refractivity contribution < 1.29 is 4.74 Å². The Hall–Kier alpha value is -3.06. The summed E-state index contributed by atoms with van der Waals surface area (Å²) in [6.07, 6.45) is 3.45. The second-order valence-electron chi connectivity index (χ2n) is 4.96. The Balaban J connectivity index is 1.68. The van der Waals surface area contributed by atoms with Crippen LogP contribution in [0.5, 0.6) is 5.75 Å². The van der Waals surface area contributed by atoms with Crippen molar-refractivity contribution in [3.05, 3.63) is 61.3 Å². The molecule has 0 aliphatic rings. The summed E-state index contributed by atoms with van der Waals surface area (Å²) < 4.78 is 7.22. The molecule has 0 amide bonds. The van der Waals surface area contributed by atoms with Gasteiger partial charge in [0.2, 0.25) is 10.8 Å². The van der Waals surface area contributed by atoms with Crippen LogP contribution in [-0.4, -0.2) is 31.4 Å². The van der Waals surface area contributed by atoms with Gasteiger partial charge in [-0.2, -0.15) is 9.61 Å². The first-order valence-electron chi connectivity index (χ1n) is 7.33. The minimum absolute atomic E-state index is 0.490. The first-order chi connectivity index (χ1) is 11.8. The van der Waals surface area contributed by atoms with Crippen LogP contribution < -0.4 is 4.74 Å². The van der Waals surface area contributed by atoms with Gasteiger partial charge in [-0.3, -0.25) is 4.98 Å². The molecule has 0 aliphatic carbocycles. The maximum absolute atomic E-state index is 5.50. The molecule has 0 aliphatic heterocycles. The number of pyridine rings is 1. The van der Waals surface area contributed by atoms with Gasteiger partial charge in [0.25, 0.3) is 0 Å². The van der Waals surface area contributed by atoms with E-state index >= 15 is 0 Å². The van der Waals surface area contributed by atoms with Crippen molar-refractivity contribution in [3.8, 4) is 27.8 Å². The summed E-state index contributed by atoms with van der Waals surface area (Å²) >= 11 is 1.48. The van der Waals surface area contributed by atoms with Gasteiger partial charge >= 0.3 is 0 Å². The number of hydrogen-bond acceptors (Lipinski definition) is 6. The summed E-state index contributed by atoms with van der Waals surface area (Å²) in [5.41, 5.74) is 1.75. The lowest BCUT2D eigenvalue weighted by Crippen LogP contribution is -1.93. The highest BCUT2D eigenvalue weighted by Gasteiger charge is 2.15. The summed E-state index contributed by atoms with van der Waals surface area (Å²) in [4.78, 5) is 5.04. The van der Waals surface area contributed by atoms with Crippen molar-refractivity contribution in [2.45, 2.75) is 0 Å². The number of aromatic nitrogens is 5. The Morgan fingerprint density at radius 2 is 2.00 bits per heavy atom. The van der Waals surface area contributed by atoms with E-state index in [0.717, 1.165) is 27.0 Å². The minimum atomic E-state index is 0.490. The van der Waals surface area contributed by atoms with Crippen LogP contribution in [0.15, 0.2) is 61.3 Å². The van der Waals surface area contributed by atoms with E-state index in [1.807, 2.05) is 42.5 Å². The first kappa shape index (κ1) is 14.5. The molecule has 3 heterocycles. The van der Waals surface area contributed by atoms with Gasteiger partial charge in [0.1, 0.15) is 23.1 Å². The van der Waals surface area contributed by atoms with Gasteiger partial charge < -0.3 is 4.74 Å². The number of nitrogens with zero attached hydrogens (tertiary/aromatic N) is 5. The van der Waals surface area contributed by atoms with Gasteiger partial charge in [0.15, 0.2) is 0 Å². The van der Waals surface area contributed by atoms with Gasteiger partial charge in [0, 0.05) is 11.8 Å². The number of hydrogen-bond donors (Lipinski definition) is 0. The van der Waals surface area contributed by atoms with Crippen LogP contribution in [-0.2, 0) is 0 Å². The van der Waals surface area contributed by atoms with Crippen molar-refractivity contribution in [2.24, 2.45) is 0 Å². The molecule has 0 fully saturated rings. The van der Waals surface area contributed by atoms with Crippen molar-refractivity contribution in [2.75, 3.05) is 6.61 Å². The summed E-state index contributed by atoms with van der Waals surface area (Å²) in [6, 6.07) is 13.5. The van der Waals surface area contributed by atoms with Crippen LogP contribution in [0, 0.1) is 0 Å². The maximum Gasteiger partial charge on any atom is 0.235 e. The zero-order chi connectivity index (χ0) is 16.4. The molecule has 0 unspecified atom stereocenters. The number of rotatable bonds is 5. The van der Waals surface area contributed by atoms with Crippen molar-refractivity contribution in [1.29, 1.82) is 0 Å². The lowest BCUT2D eigenvalue weighted by Gasteiger charge is -2.03.